The summed E-state index contributed by atoms with van der Waals surface area (Å²) in [4.78, 5) is 18.3. The molecule has 7 nitrogen and oxygen atoms in total. The van der Waals surface area contributed by atoms with Crippen molar-refractivity contribution in [2.24, 2.45) is 4.99 Å². The molecule has 1 aromatic heterocycles. The van der Waals surface area contributed by atoms with Crippen LogP contribution in [0.15, 0.2) is 40.1 Å². The molecule has 0 saturated heterocycles. The largest absolute Gasteiger partial charge is 0.493 e. The zero-order valence-electron chi connectivity index (χ0n) is 19.2. The van der Waals surface area contributed by atoms with Gasteiger partial charge in [0, 0.05) is 18.2 Å². The van der Waals surface area contributed by atoms with E-state index in [1.165, 1.54) is 5.56 Å². The van der Waals surface area contributed by atoms with E-state index in [9.17, 15) is 9.90 Å². The Bertz CT molecular complexity index is 1290. The van der Waals surface area contributed by atoms with Gasteiger partial charge in [0.15, 0.2) is 11.5 Å². The summed E-state index contributed by atoms with van der Waals surface area (Å²) >= 11 is 0. The van der Waals surface area contributed by atoms with E-state index in [1.807, 2.05) is 32.0 Å². The Balaban J connectivity index is 2.03. The third-order valence-electron chi connectivity index (χ3n) is 5.97. The number of hydrogen-bond donors (Lipinski definition) is 1. The first-order valence-corrected chi connectivity index (χ1v) is 10.7. The predicted octanol–water partition coefficient (Wildman–Crippen LogP) is 3.04. The van der Waals surface area contributed by atoms with Gasteiger partial charge in [-0.25, -0.2) is 9.79 Å². The quantitative estimate of drug-likeness (QED) is 0.668. The van der Waals surface area contributed by atoms with Gasteiger partial charge in [-0.05, 0) is 56.0 Å². The first-order chi connectivity index (χ1) is 15.4. The Labute approximate surface area is 187 Å². The molecular weight excluding hydrogens is 406 g/mol. The Morgan fingerprint density at radius 2 is 1.66 bits per heavy atom. The lowest BCUT2D eigenvalue weighted by Gasteiger charge is -2.24. The van der Waals surface area contributed by atoms with Crippen LogP contribution >= 0.6 is 0 Å². The highest BCUT2D eigenvalue weighted by Crippen LogP contribution is 2.37. The maximum absolute atomic E-state index is 13.4. The fourth-order valence-electron chi connectivity index (χ4n) is 4.53. The lowest BCUT2D eigenvalue weighted by Crippen LogP contribution is -2.42. The molecule has 32 heavy (non-hydrogen) atoms. The third kappa shape index (κ3) is 3.73. The van der Waals surface area contributed by atoms with E-state index in [1.54, 1.807) is 23.4 Å². The van der Waals surface area contributed by atoms with Crippen molar-refractivity contribution in [1.29, 1.82) is 0 Å². The van der Waals surface area contributed by atoms with E-state index in [-0.39, 0.29) is 18.8 Å². The summed E-state index contributed by atoms with van der Waals surface area (Å²) in [7, 11) is 3.22. The molecule has 0 spiro atoms. The van der Waals surface area contributed by atoms with Gasteiger partial charge in [0.05, 0.1) is 38.8 Å². The van der Waals surface area contributed by atoms with Gasteiger partial charge < -0.3 is 14.6 Å². The number of methoxy groups -OCH3 is 2. The van der Waals surface area contributed by atoms with Gasteiger partial charge in [-0.15, -0.1) is 0 Å². The van der Waals surface area contributed by atoms with E-state index in [4.69, 9.17) is 14.5 Å². The molecule has 2 aromatic carbocycles. The molecule has 0 atom stereocenters. The smallest absolute Gasteiger partial charge is 0.330 e. The van der Waals surface area contributed by atoms with Crippen molar-refractivity contribution in [3.63, 3.8) is 0 Å². The molecule has 1 aliphatic rings. The zero-order chi connectivity index (χ0) is 23.0. The van der Waals surface area contributed by atoms with E-state index in [2.05, 4.69) is 19.1 Å². The van der Waals surface area contributed by atoms with E-state index in [0.717, 1.165) is 33.6 Å². The predicted molar refractivity (Wildman–Crippen MR) is 124 cm³/mol. The maximum atomic E-state index is 13.4. The molecule has 0 bridgehead atoms. The van der Waals surface area contributed by atoms with Crippen molar-refractivity contribution < 1.29 is 14.6 Å². The highest BCUT2D eigenvalue weighted by Gasteiger charge is 2.22. The van der Waals surface area contributed by atoms with Gasteiger partial charge in [0.1, 0.15) is 5.49 Å². The number of benzene rings is 2. The molecule has 0 saturated carbocycles. The monoisotopic (exact) mass is 435 g/mol. The maximum Gasteiger partial charge on any atom is 0.330 e. The van der Waals surface area contributed by atoms with E-state index >= 15 is 0 Å². The van der Waals surface area contributed by atoms with Gasteiger partial charge in [0.2, 0.25) is 0 Å². The van der Waals surface area contributed by atoms with Gasteiger partial charge >= 0.3 is 5.69 Å². The lowest BCUT2D eigenvalue weighted by molar-refractivity contribution is 0.269. The highest BCUT2D eigenvalue weighted by atomic mass is 16.5. The average Bonchev–Trinajstić information content (AvgIpc) is 2.77. The first kappa shape index (κ1) is 21.9. The molecule has 168 valence electrons. The SMILES string of the molecule is COc1cc2c(cc1OC)-c1cc(=Nc3c(C)cc(C)cc3C)n(CCO)c(=O)n1CC2. The van der Waals surface area contributed by atoms with Gasteiger partial charge in [-0.3, -0.25) is 9.13 Å². The summed E-state index contributed by atoms with van der Waals surface area (Å²) in [5.74, 6) is 1.28. The topological polar surface area (TPSA) is 78.0 Å². The molecule has 0 radical (unpaired) electrons. The number of aryl methyl sites for hydroxylation is 4. The minimum Gasteiger partial charge on any atom is -0.493 e. The molecule has 7 heteroatoms. The Hall–Kier alpha value is -3.32. The number of aliphatic hydroxyl groups is 1. The first-order valence-electron chi connectivity index (χ1n) is 10.7. The van der Waals surface area contributed by atoms with Crippen molar-refractivity contribution in [2.75, 3.05) is 20.8 Å². The molecule has 1 N–H and O–H groups in total. The van der Waals surface area contributed by atoms with Crippen LogP contribution in [0, 0.1) is 20.8 Å². The Morgan fingerprint density at radius 3 is 2.28 bits per heavy atom. The Morgan fingerprint density at radius 1 is 1.00 bits per heavy atom. The molecule has 4 rings (SSSR count). The van der Waals surface area contributed by atoms with Crippen LogP contribution in [0.4, 0.5) is 5.69 Å². The number of ether oxygens (including phenoxy) is 2. The van der Waals surface area contributed by atoms with Crippen molar-refractivity contribution in [3.8, 4) is 22.8 Å². The Kier molecular flexibility index (Phi) is 5.93. The summed E-state index contributed by atoms with van der Waals surface area (Å²) in [5, 5.41) is 9.63. The fourth-order valence-corrected chi connectivity index (χ4v) is 4.53. The minimum absolute atomic E-state index is 0.144. The number of aliphatic hydroxyl groups excluding tert-OH is 1. The summed E-state index contributed by atoms with van der Waals surface area (Å²) in [6.45, 7) is 6.68. The van der Waals surface area contributed by atoms with Crippen molar-refractivity contribution in [3.05, 3.63) is 68.6 Å². The van der Waals surface area contributed by atoms with Crippen molar-refractivity contribution in [2.45, 2.75) is 40.3 Å². The average molecular weight is 436 g/mol. The van der Waals surface area contributed by atoms with Crippen LogP contribution < -0.4 is 20.7 Å². The van der Waals surface area contributed by atoms with Crippen LogP contribution in [0.1, 0.15) is 22.3 Å². The summed E-state index contributed by atoms with van der Waals surface area (Å²) < 4.78 is 14.3. The standard InChI is InChI=1S/C25H29N3O4/c1-15-10-16(2)24(17(3)11-15)26-23-14-20-19-13-22(32-5)21(31-4)12-18(19)6-7-27(20)25(30)28(23)8-9-29/h10-14,29H,6-9H2,1-5H3. The second kappa shape index (κ2) is 8.67. The summed E-state index contributed by atoms with van der Waals surface area (Å²) in [6, 6.07) is 9.99. The van der Waals surface area contributed by atoms with Crippen LogP contribution in [-0.4, -0.2) is 35.1 Å². The molecule has 2 heterocycles. The van der Waals surface area contributed by atoms with Crippen LogP contribution in [0.2, 0.25) is 0 Å². The second-order valence-corrected chi connectivity index (χ2v) is 8.17. The minimum atomic E-state index is -0.182. The molecule has 1 aliphatic heterocycles. The normalized spacial score (nSPS) is 13.0. The molecule has 0 unspecified atom stereocenters. The fraction of sp³-hybridized carbons (Fsp3) is 0.360. The number of aromatic nitrogens is 2. The molecular formula is C25H29N3O4. The lowest BCUT2D eigenvalue weighted by atomic mass is 9.97. The van der Waals surface area contributed by atoms with E-state index < -0.39 is 0 Å². The summed E-state index contributed by atoms with van der Waals surface area (Å²) in [5.41, 5.74) is 7.24. The van der Waals surface area contributed by atoms with Crippen LogP contribution in [0.5, 0.6) is 11.5 Å². The number of nitrogens with zero attached hydrogens (tertiary/aromatic N) is 3. The molecule has 0 fully saturated rings. The summed E-state index contributed by atoms with van der Waals surface area (Å²) in [6.07, 6.45) is 0.703. The van der Waals surface area contributed by atoms with Crippen molar-refractivity contribution in [1.82, 2.24) is 9.13 Å². The van der Waals surface area contributed by atoms with Gasteiger partial charge in [0.25, 0.3) is 0 Å². The van der Waals surface area contributed by atoms with Gasteiger partial charge in [-0.1, -0.05) is 17.7 Å². The highest BCUT2D eigenvalue weighted by molar-refractivity contribution is 5.70. The zero-order valence-corrected chi connectivity index (χ0v) is 19.2. The molecule has 0 aliphatic carbocycles. The van der Waals surface area contributed by atoms with Crippen LogP contribution in [0.3, 0.4) is 0 Å². The third-order valence-corrected chi connectivity index (χ3v) is 5.97. The molecule has 0 amide bonds. The van der Waals surface area contributed by atoms with E-state index in [0.29, 0.717) is 30.0 Å². The van der Waals surface area contributed by atoms with Gasteiger partial charge in [-0.2, -0.15) is 0 Å². The van der Waals surface area contributed by atoms with Crippen LogP contribution in [0.25, 0.3) is 11.3 Å². The molecule has 3 aromatic rings. The van der Waals surface area contributed by atoms with Crippen LogP contribution in [-0.2, 0) is 19.5 Å². The number of fused-ring (bicyclic) bond motifs is 3. The number of hydrogen-bond acceptors (Lipinski definition) is 5. The van der Waals surface area contributed by atoms with Crippen molar-refractivity contribution >= 4 is 5.69 Å². The second-order valence-electron chi connectivity index (χ2n) is 8.17. The number of rotatable bonds is 5.